The first-order valence-corrected chi connectivity index (χ1v) is 7.07. The maximum atomic E-state index is 11.7. The van der Waals surface area contributed by atoms with Gasteiger partial charge in [0.25, 0.3) is 0 Å². The van der Waals surface area contributed by atoms with Crippen LogP contribution in [-0.4, -0.2) is 33.5 Å². The van der Waals surface area contributed by atoms with Crippen LogP contribution in [0, 0.1) is 0 Å². The second kappa shape index (κ2) is 6.88. The summed E-state index contributed by atoms with van der Waals surface area (Å²) in [5.74, 6) is -0.485. The van der Waals surface area contributed by atoms with Crippen molar-refractivity contribution < 1.29 is 19.1 Å². The molecule has 0 spiro atoms. The summed E-state index contributed by atoms with van der Waals surface area (Å²) in [6, 6.07) is 9.23. The Kier molecular flexibility index (Phi) is 4.92. The number of carbonyl (C=O) groups excluding carboxylic acids is 2. The molecule has 1 fully saturated rings. The Bertz CT molecular complexity index is 547. The highest BCUT2D eigenvalue weighted by molar-refractivity contribution is 8.00. The molecule has 0 saturated carbocycles. The van der Waals surface area contributed by atoms with E-state index in [1.807, 2.05) is 30.3 Å². The van der Waals surface area contributed by atoms with Crippen LogP contribution in [0.4, 0.5) is 0 Å². The maximum absolute atomic E-state index is 11.7. The fraction of sp³-hybridized carbons (Fsp3) is 0.308. The Labute approximate surface area is 120 Å². The number of thioether (sulfide) groups is 1. The Morgan fingerprint density at radius 2 is 2.15 bits per heavy atom. The number of hydrogen-bond acceptors (Lipinski definition) is 4. The minimum absolute atomic E-state index is 0.0170. The zero-order valence-electron chi connectivity index (χ0n) is 10.6. The van der Waals surface area contributed by atoms with E-state index < -0.39 is 5.97 Å². The number of benzene rings is 1. The van der Waals surface area contributed by atoms with E-state index in [4.69, 9.17) is 10.3 Å². The fourth-order valence-corrected chi connectivity index (χ4v) is 2.56. The first kappa shape index (κ1) is 14.3. The van der Waals surface area contributed by atoms with Crippen LogP contribution in [0.15, 0.2) is 30.3 Å². The van der Waals surface area contributed by atoms with E-state index in [1.165, 1.54) is 11.8 Å². The highest BCUT2D eigenvalue weighted by Gasteiger charge is 2.29. The molecule has 1 saturated heterocycles. The molecule has 1 aliphatic rings. The molecule has 6 nitrogen and oxygen atoms in total. The highest BCUT2D eigenvalue weighted by atomic mass is 32.2. The van der Waals surface area contributed by atoms with Crippen molar-refractivity contribution in [1.29, 1.82) is 0 Å². The number of β-lactam (4-membered cyclic amide) rings is 1. The molecule has 0 bridgehead atoms. The van der Waals surface area contributed by atoms with Crippen LogP contribution in [0.1, 0.15) is 12.0 Å². The van der Waals surface area contributed by atoms with Crippen LogP contribution in [0.3, 0.4) is 0 Å². The molecule has 1 atom stereocenters. The molecular weight excluding hydrogens is 278 g/mol. The number of nitrogens with one attached hydrogen (secondary N) is 1. The molecule has 1 amide bonds. The quantitative estimate of drug-likeness (QED) is 0.278. The Balaban J connectivity index is 1.77. The molecule has 7 heteroatoms. The van der Waals surface area contributed by atoms with Crippen LogP contribution >= 0.6 is 11.8 Å². The number of nitrogens with zero attached hydrogens (tertiary/aromatic N) is 2. The van der Waals surface area contributed by atoms with Gasteiger partial charge in [0.1, 0.15) is 12.4 Å². The lowest BCUT2D eigenvalue weighted by molar-refractivity contribution is -0.141. The molecule has 1 aromatic carbocycles. The summed E-state index contributed by atoms with van der Waals surface area (Å²) >= 11 is 1.33. The van der Waals surface area contributed by atoms with Gasteiger partial charge in [-0.25, -0.2) is 4.79 Å². The summed E-state index contributed by atoms with van der Waals surface area (Å²) in [4.78, 5) is 25.4. The van der Waals surface area contributed by atoms with Crippen molar-refractivity contribution in [2.75, 3.05) is 5.75 Å². The molecule has 0 aromatic heterocycles. The Morgan fingerprint density at radius 3 is 2.75 bits per heavy atom. The van der Waals surface area contributed by atoms with E-state index in [0.29, 0.717) is 6.42 Å². The lowest BCUT2D eigenvalue weighted by atomic mass is 10.2. The molecule has 1 heterocycles. The summed E-state index contributed by atoms with van der Waals surface area (Å²) in [7, 11) is 0. The zero-order valence-corrected chi connectivity index (χ0v) is 11.4. The van der Waals surface area contributed by atoms with Crippen molar-refractivity contribution >= 4 is 29.4 Å². The molecular formula is C13H13N3O3S. The molecule has 1 unspecified atom stereocenters. The van der Waals surface area contributed by atoms with Gasteiger partial charge in [-0.1, -0.05) is 30.3 Å². The van der Waals surface area contributed by atoms with E-state index in [2.05, 4.69) is 10.1 Å². The molecule has 1 N–H and O–H groups in total. The van der Waals surface area contributed by atoms with Crippen molar-refractivity contribution in [3.05, 3.63) is 41.4 Å². The number of esters is 1. The molecule has 104 valence electrons. The van der Waals surface area contributed by atoms with Gasteiger partial charge >= 0.3 is 11.7 Å². The predicted molar refractivity (Wildman–Crippen MR) is 73.9 cm³/mol. The van der Waals surface area contributed by atoms with Crippen LogP contribution in [-0.2, 0) is 20.9 Å². The highest BCUT2D eigenvalue weighted by Crippen LogP contribution is 2.18. The van der Waals surface area contributed by atoms with Gasteiger partial charge < -0.3 is 15.6 Å². The summed E-state index contributed by atoms with van der Waals surface area (Å²) in [6.45, 7) is 0.128. The lowest BCUT2D eigenvalue weighted by Crippen LogP contribution is -2.46. The molecule has 0 aliphatic carbocycles. The Morgan fingerprint density at radius 1 is 1.45 bits per heavy atom. The lowest BCUT2D eigenvalue weighted by Gasteiger charge is -2.25. The molecule has 1 aromatic rings. The third kappa shape index (κ3) is 3.94. The van der Waals surface area contributed by atoms with Crippen molar-refractivity contribution in [2.45, 2.75) is 18.4 Å². The van der Waals surface area contributed by atoms with Crippen molar-refractivity contribution in [3.8, 4) is 0 Å². The second-order valence-corrected chi connectivity index (χ2v) is 5.37. The summed E-state index contributed by atoms with van der Waals surface area (Å²) < 4.78 is 5.06. The van der Waals surface area contributed by atoms with Gasteiger partial charge in [0.15, 0.2) is 0 Å². The number of ether oxygens (including phenoxy) is 1. The van der Waals surface area contributed by atoms with E-state index in [9.17, 15) is 9.59 Å². The van der Waals surface area contributed by atoms with E-state index >= 15 is 0 Å². The topological polar surface area (TPSA) is 91.8 Å². The van der Waals surface area contributed by atoms with Crippen LogP contribution in [0.25, 0.3) is 5.53 Å². The van der Waals surface area contributed by atoms with Gasteiger partial charge in [0.2, 0.25) is 5.91 Å². The number of carbonyl (C=O) groups is 2. The van der Waals surface area contributed by atoms with Gasteiger partial charge in [-0.05, 0) is 5.56 Å². The minimum Gasteiger partial charge on any atom is -0.452 e. The molecule has 2 rings (SSSR count). The average molecular weight is 291 g/mol. The average Bonchev–Trinajstić information content (AvgIpc) is 2.44. The summed E-state index contributed by atoms with van der Waals surface area (Å²) in [5, 5.41) is 2.63. The van der Waals surface area contributed by atoms with Gasteiger partial charge in [-0.15, -0.1) is 11.8 Å². The third-order valence-corrected chi connectivity index (χ3v) is 3.81. The first-order chi connectivity index (χ1) is 9.69. The number of rotatable bonds is 6. The van der Waals surface area contributed by atoms with Gasteiger partial charge in [0, 0.05) is 0 Å². The Hall–Kier alpha value is -2.11. The van der Waals surface area contributed by atoms with Gasteiger partial charge in [0.05, 0.1) is 11.8 Å². The molecule has 1 aliphatic heterocycles. The molecule has 20 heavy (non-hydrogen) atoms. The van der Waals surface area contributed by atoms with Crippen LogP contribution < -0.4 is 5.32 Å². The van der Waals surface area contributed by atoms with Crippen molar-refractivity contribution in [2.24, 2.45) is 0 Å². The largest absolute Gasteiger partial charge is 0.452 e. The summed E-state index contributed by atoms with van der Waals surface area (Å²) in [5.41, 5.74) is 9.63. The van der Waals surface area contributed by atoms with Gasteiger partial charge in [-0.2, -0.15) is 4.79 Å². The van der Waals surface area contributed by atoms with Crippen LogP contribution in [0.5, 0.6) is 0 Å². The normalized spacial score (nSPS) is 16.6. The number of amides is 1. The maximum Gasteiger partial charge on any atom is 0.418 e. The van der Waals surface area contributed by atoms with Crippen molar-refractivity contribution in [3.63, 3.8) is 0 Å². The summed E-state index contributed by atoms with van der Waals surface area (Å²) in [6.07, 6.45) is 0.419. The zero-order chi connectivity index (χ0) is 14.4. The fourth-order valence-electron chi connectivity index (χ4n) is 1.54. The standard InChI is InChI=1S/C13H13N3O3S/c14-16-10(8-20-12-6-11(17)15-12)13(18)19-7-9-4-2-1-3-5-9/h1-5,12H,6-8H2,(H,15,17). The van der Waals surface area contributed by atoms with Crippen molar-refractivity contribution in [1.82, 2.24) is 5.32 Å². The predicted octanol–water partition coefficient (Wildman–Crippen LogP) is 0.980. The van der Waals surface area contributed by atoms with E-state index in [0.717, 1.165) is 5.56 Å². The van der Waals surface area contributed by atoms with Crippen LogP contribution in [0.2, 0.25) is 0 Å². The monoisotopic (exact) mass is 291 g/mol. The first-order valence-electron chi connectivity index (χ1n) is 6.02. The second-order valence-electron chi connectivity index (χ2n) is 4.18. The number of hydrogen-bond donors (Lipinski definition) is 1. The minimum atomic E-state index is -0.658. The smallest absolute Gasteiger partial charge is 0.418 e. The molecule has 0 radical (unpaired) electrons. The van der Waals surface area contributed by atoms with E-state index in [-0.39, 0.29) is 29.4 Å². The third-order valence-electron chi connectivity index (χ3n) is 2.68. The van der Waals surface area contributed by atoms with E-state index in [1.54, 1.807) is 0 Å². The van der Waals surface area contributed by atoms with Gasteiger partial charge in [-0.3, -0.25) is 4.79 Å². The SMILES string of the molecule is [N-]=[N+]=C(CSC1CC(=O)N1)C(=O)OCc1ccccc1.